The lowest BCUT2D eigenvalue weighted by atomic mass is 9.85. The fourth-order valence-electron chi connectivity index (χ4n) is 4.23. The van der Waals surface area contributed by atoms with Crippen molar-refractivity contribution in [1.29, 1.82) is 0 Å². The van der Waals surface area contributed by atoms with Crippen LogP contribution in [-0.4, -0.2) is 10.9 Å². The number of carbonyl (C=O) groups is 1. The van der Waals surface area contributed by atoms with Gasteiger partial charge in [-0.05, 0) is 56.4 Å². The largest absolute Gasteiger partial charge is 0.325 e. The molecule has 1 aliphatic carbocycles. The van der Waals surface area contributed by atoms with Gasteiger partial charge in [0.05, 0.1) is 0 Å². The molecule has 0 saturated heterocycles. The Labute approximate surface area is 177 Å². The van der Waals surface area contributed by atoms with E-state index in [0.717, 1.165) is 35.2 Å². The van der Waals surface area contributed by atoms with Crippen molar-refractivity contribution in [3.05, 3.63) is 87.3 Å². The summed E-state index contributed by atoms with van der Waals surface area (Å²) in [6.07, 6.45) is 5.78. The van der Waals surface area contributed by atoms with Gasteiger partial charge in [-0.3, -0.25) is 9.59 Å². The van der Waals surface area contributed by atoms with E-state index in [-0.39, 0.29) is 17.0 Å². The van der Waals surface area contributed by atoms with Gasteiger partial charge >= 0.3 is 0 Å². The van der Waals surface area contributed by atoms with Gasteiger partial charge in [0.1, 0.15) is 5.56 Å². The van der Waals surface area contributed by atoms with Crippen LogP contribution in [0.25, 0.3) is 11.1 Å². The molecular formula is C26H28N2O2. The van der Waals surface area contributed by atoms with E-state index in [1.54, 1.807) is 0 Å². The average Bonchev–Trinajstić information content (AvgIpc) is 2.76. The Balaban J connectivity index is 1.77. The van der Waals surface area contributed by atoms with Gasteiger partial charge in [0, 0.05) is 16.9 Å². The Morgan fingerprint density at radius 1 is 0.900 bits per heavy atom. The number of carbonyl (C=O) groups excluding carboxylic acids is 1. The predicted octanol–water partition coefficient (Wildman–Crippen LogP) is 5.96. The van der Waals surface area contributed by atoms with Crippen molar-refractivity contribution >= 4 is 11.6 Å². The van der Waals surface area contributed by atoms with Gasteiger partial charge in [-0.1, -0.05) is 66.8 Å². The standard InChI is InChI=1S/C26H28N2O2/c1-17-8-12-19(13-9-17)22-16-23(20-6-4-3-5-7-20)28-26(30)24(22)25(29)27-21-14-10-18(2)11-15-21/h8-16,20H,3-7H2,1-2H3,(H,27,29)(H,28,30). The van der Waals surface area contributed by atoms with E-state index in [9.17, 15) is 9.59 Å². The maximum Gasteiger partial charge on any atom is 0.261 e. The summed E-state index contributed by atoms with van der Waals surface area (Å²) in [7, 11) is 0. The molecule has 0 radical (unpaired) electrons. The molecule has 0 bridgehead atoms. The highest BCUT2D eigenvalue weighted by atomic mass is 16.2. The highest BCUT2D eigenvalue weighted by molar-refractivity contribution is 6.08. The van der Waals surface area contributed by atoms with Crippen molar-refractivity contribution in [2.45, 2.75) is 51.9 Å². The zero-order chi connectivity index (χ0) is 21.1. The fourth-order valence-corrected chi connectivity index (χ4v) is 4.23. The fraction of sp³-hybridized carbons (Fsp3) is 0.308. The molecule has 1 saturated carbocycles. The molecule has 1 aromatic heterocycles. The summed E-state index contributed by atoms with van der Waals surface area (Å²) in [6.45, 7) is 4.02. The summed E-state index contributed by atoms with van der Waals surface area (Å²) in [5.41, 5.74) is 5.31. The minimum absolute atomic E-state index is 0.166. The SMILES string of the molecule is Cc1ccc(NC(=O)c2c(-c3ccc(C)cc3)cc(C3CCCCC3)[nH]c2=O)cc1. The van der Waals surface area contributed by atoms with Gasteiger partial charge in [0.25, 0.3) is 11.5 Å². The van der Waals surface area contributed by atoms with E-state index in [2.05, 4.69) is 10.3 Å². The van der Waals surface area contributed by atoms with Crippen molar-refractivity contribution < 1.29 is 4.79 Å². The highest BCUT2D eigenvalue weighted by Crippen LogP contribution is 2.33. The zero-order valence-electron chi connectivity index (χ0n) is 17.6. The van der Waals surface area contributed by atoms with Crippen LogP contribution in [0.3, 0.4) is 0 Å². The van der Waals surface area contributed by atoms with E-state index < -0.39 is 0 Å². The predicted molar refractivity (Wildman–Crippen MR) is 122 cm³/mol. The molecule has 4 heteroatoms. The van der Waals surface area contributed by atoms with Crippen LogP contribution in [0.4, 0.5) is 5.69 Å². The first-order valence-electron chi connectivity index (χ1n) is 10.7. The monoisotopic (exact) mass is 400 g/mol. The third-order valence-corrected chi connectivity index (χ3v) is 6.00. The quantitative estimate of drug-likeness (QED) is 0.568. The number of benzene rings is 2. The van der Waals surface area contributed by atoms with Crippen molar-refractivity contribution in [1.82, 2.24) is 4.98 Å². The Morgan fingerprint density at radius 2 is 1.50 bits per heavy atom. The molecule has 154 valence electrons. The molecule has 0 aliphatic heterocycles. The Morgan fingerprint density at radius 3 is 2.13 bits per heavy atom. The van der Waals surface area contributed by atoms with Crippen LogP contribution >= 0.6 is 0 Å². The third-order valence-electron chi connectivity index (χ3n) is 6.00. The van der Waals surface area contributed by atoms with E-state index in [1.165, 1.54) is 19.3 Å². The number of aryl methyl sites for hydroxylation is 2. The lowest BCUT2D eigenvalue weighted by molar-refractivity contribution is 0.102. The summed E-state index contributed by atoms with van der Waals surface area (Å²) < 4.78 is 0. The van der Waals surface area contributed by atoms with Crippen LogP contribution in [0.15, 0.2) is 59.4 Å². The molecule has 4 rings (SSSR count). The van der Waals surface area contributed by atoms with Crippen molar-refractivity contribution in [3.8, 4) is 11.1 Å². The molecule has 0 unspecified atom stereocenters. The van der Waals surface area contributed by atoms with Gasteiger partial charge in [0.15, 0.2) is 0 Å². The number of aromatic nitrogens is 1. The third kappa shape index (κ3) is 4.38. The number of nitrogens with one attached hydrogen (secondary N) is 2. The zero-order valence-corrected chi connectivity index (χ0v) is 17.6. The van der Waals surface area contributed by atoms with E-state index in [4.69, 9.17) is 0 Å². The number of H-pyrrole nitrogens is 1. The summed E-state index contributed by atoms with van der Waals surface area (Å²) in [4.78, 5) is 29.3. The number of hydrogen-bond acceptors (Lipinski definition) is 2. The van der Waals surface area contributed by atoms with Crippen LogP contribution in [0.5, 0.6) is 0 Å². The lowest BCUT2D eigenvalue weighted by Crippen LogP contribution is -2.26. The van der Waals surface area contributed by atoms with Crippen LogP contribution in [0.1, 0.15) is 65.2 Å². The molecule has 30 heavy (non-hydrogen) atoms. The van der Waals surface area contributed by atoms with Gasteiger partial charge in [-0.25, -0.2) is 0 Å². The molecule has 2 N–H and O–H groups in total. The molecular weight excluding hydrogens is 372 g/mol. The minimum Gasteiger partial charge on any atom is -0.325 e. The van der Waals surface area contributed by atoms with Gasteiger partial charge in [0.2, 0.25) is 0 Å². The van der Waals surface area contributed by atoms with Gasteiger partial charge < -0.3 is 10.3 Å². The first kappa shape index (κ1) is 20.1. The lowest BCUT2D eigenvalue weighted by Gasteiger charge is -2.23. The number of anilines is 1. The van der Waals surface area contributed by atoms with E-state index >= 15 is 0 Å². The summed E-state index contributed by atoms with van der Waals surface area (Å²) in [6, 6.07) is 17.6. The second kappa shape index (κ2) is 8.70. The molecule has 1 heterocycles. The van der Waals surface area contributed by atoms with Gasteiger partial charge in [-0.15, -0.1) is 0 Å². The molecule has 1 fully saturated rings. The molecule has 4 nitrogen and oxygen atoms in total. The van der Waals surface area contributed by atoms with E-state index in [0.29, 0.717) is 17.2 Å². The summed E-state index contributed by atoms with van der Waals surface area (Å²) >= 11 is 0. The van der Waals surface area contributed by atoms with Crippen molar-refractivity contribution in [3.63, 3.8) is 0 Å². The topological polar surface area (TPSA) is 62.0 Å². The first-order chi connectivity index (χ1) is 14.5. The Bertz CT molecular complexity index is 1090. The molecule has 0 atom stereocenters. The summed E-state index contributed by atoms with van der Waals surface area (Å²) in [5.74, 6) is -0.0317. The normalized spacial score (nSPS) is 14.5. The number of amides is 1. The van der Waals surface area contributed by atoms with Gasteiger partial charge in [-0.2, -0.15) is 0 Å². The number of rotatable bonds is 4. The molecule has 0 spiro atoms. The maximum absolute atomic E-state index is 13.1. The number of pyridine rings is 1. The van der Waals surface area contributed by atoms with E-state index in [1.807, 2.05) is 68.4 Å². The maximum atomic E-state index is 13.1. The van der Waals surface area contributed by atoms with Crippen LogP contribution in [0.2, 0.25) is 0 Å². The van der Waals surface area contributed by atoms with Crippen LogP contribution in [0, 0.1) is 13.8 Å². The number of aromatic amines is 1. The molecule has 3 aromatic rings. The highest BCUT2D eigenvalue weighted by Gasteiger charge is 2.23. The average molecular weight is 401 g/mol. The van der Waals surface area contributed by atoms with Crippen molar-refractivity contribution in [2.24, 2.45) is 0 Å². The molecule has 1 aliphatic rings. The second-order valence-corrected chi connectivity index (χ2v) is 8.36. The molecule has 1 amide bonds. The van der Waals surface area contributed by atoms with Crippen molar-refractivity contribution in [2.75, 3.05) is 5.32 Å². The minimum atomic E-state index is -0.383. The first-order valence-corrected chi connectivity index (χ1v) is 10.7. The number of hydrogen-bond donors (Lipinski definition) is 2. The van der Waals surface area contributed by atoms with Crippen LogP contribution < -0.4 is 10.9 Å². The Hall–Kier alpha value is -3.14. The smallest absolute Gasteiger partial charge is 0.261 e. The summed E-state index contributed by atoms with van der Waals surface area (Å²) in [5, 5.41) is 2.89. The molecule has 2 aromatic carbocycles. The Kier molecular flexibility index (Phi) is 5.84. The van der Waals surface area contributed by atoms with Crippen LogP contribution in [-0.2, 0) is 0 Å². The second-order valence-electron chi connectivity index (χ2n) is 8.36.